The van der Waals surface area contributed by atoms with Crippen molar-refractivity contribution in [3.8, 4) is 17.0 Å². The number of carboxylic acids is 2. The van der Waals surface area contributed by atoms with Crippen LogP contribution in [0.5, 0.6) is 5.75 Å². The number of carboxylic acid groups (broad SMARTS) is 2. The van der Waals surface area contributed by atoms with Gasteiger partial charge in [-0.15, -0.1) is 4.68 Å². The van der Waals surface area contributed by atoms with Crippen molar-refractivity contribution < 1.29 is 29.2 Å². The quantitative estimate of drug-likeness (QED) is 0.325. The van der Waals surface area contributed by atoms with Gasteiger partial charge in [-0.1, -0.05) is 36.0 Å². The van der Waals surface area contributed by atoms with Gasteiger partial charge >= 0.3 is 5.97 Å². The van der Waals surface area contributed by atoms with Crippen molar-refractivity contribution in [3.63, 3.8) is 0 Å². The third-order valence-corrected chi connectivity index (χ3v) is 6.78. The van der Waals surface area contributed by atoms with Crippen molar-refractivity contribution in [2.45, 2.75) is 35.8 Å². The zero-order valence-corrected chi connectivity index (χ0v) is 20.8. The molecule has 2 N–H and O–H groups in total. The van der Waals surface area contributed by atoms with E-state index in [1.165, 1.54) is 37.5 Å². The highest BCUT2D eigenvalue weighted by molar-refractivity contribution is 8.00. The van der Waals surface area contributed by atoms with Crippen molar-refractivity contribution in [3.05, 3.63) is 54.1 Å². The predicted octanol–water partition coefficient (Wildman–Crippen LogP) is 2.71. The van der Waals surface area contributed by atoms with Crippen molar-refractivity contribution >= 4 is 40.7 Å². The standard InChI is InChI=1S/C22H23N3OS.C4H4O4/c1-22(2)10-9-14-17(26-22)13-16-19-20(23-25(16)12-11-24(3)4)15-7-5-6-8-18(15)27-21(14)19;5-3(6)1-2-4(7)8/h5-10,13H,11-12H2,1-4H3;1-2H,(H,5,6)(H,7,8)/b;2-1+. The molecule has 3 heterocycles. The molecule has 1 aromatic heterocycles. The number of likely N-dealkylation sites (N-methyl/N-ethyl adjacent to an activating group) is 1. The molecule has 0 spiro atoms. The Labute approximate surface area is 207 Å². The van der Waals surface area contributed by atoms with Crippen molar-refractivity contribution in [2.24, 2.45) is 0 Å². The van der Waals surface area contributed by atoms with Crippen LogP contribution in [0, 0.1) is 0 Å². The van der Waals surface area contributed by atoms with E-state index < -0.39 is 11.9 Å². The van der Waals surface area contributed by atoms with Crippen LogP contribution in [0.4, 0.5) is 0 Å². The molecule has 5 rings (SSSR count). The second-order valence-corrected chi connectivity index (χ2v) is 10.1. The van der Waals surface area contributed by atoms with Crippen molar-refractivity contribution in [1.29, 1.82) is 0 Å². The summed E-state index contributed by atoms with van der Waals surface area (Å²) in [7, 11) is 4.22. The third-order valence-electron chi connectivity index (χ3n) is 5.57. The van der Waals surface area contributed by atoms with Crippen LogP contribution in [0.25, 0.3) is 28.2 Å². The minimum atomic E-state index is -1.51. The monoisotopic (exact) mass is 493 g/mol. The molecule has 0 fully saturated rings. The molecule has 0 saturated carbocycles. The van der Waals surface area contributed by atoms with Crippen LogP contribution in [-0.4, -0.2) is 53.3 Å². The zero-order valence-electron chi connectivity index (χ0n) is 20.0. The molecule has 9 heteroatoms. The summed E-state index contributed by atoms with van der Waals surface area (Å²) in [6.07, 6.45) is 5.33. The second-order valence-electron chi connectivity index (χ2n) is 9.08. The Hall–Kier alpha value is -3.56. The molecule has 0 amide bonds. The molecule has 0 bridgehead atoms. The van der Waals surface area contributed by atoms with Gasteiger partial charge in [-0.25, -0.2) is 4.79 Å². The topological polar surface area (TPSA) is 110 Å². The number of nitrogens with one attached hydrogen (secondary N) is 1. The summed E-state index contributed by atoms with van der Waals surface area (Å²) in [5, 5.41) is 22.2. The predicted molar refractivity (Wildman–Crippen MR) is 132 cm³/mol. The normalized spacial score (nSPS) is 14.8. The Morgan fingerprint density at radius 1 is 1.26 bits per heavy atom. The number of hydrogen-bond acceptors (Lipinski definition) is 6. The minimum Gasteiger partial charge on any atom is -0.545 e. The summed E-state index contributed by atoms with van der Waals surface area (Å²) >= 11 is 1.85. The summed E-state index contributed by atoms with van der Waals surface area (Å²) < 4.78 is 8.60. The van der Waals surface area contributed by atoms with E-state index in [2.05, 4.69) is 85.1 Å². The number of H-pyrrole nitrogens is 1. The highest BCUT2D eigenvalue weighted by Gasteiger charge is 2.33. The maximum Gasteiger partial charge on any atom is 0.328 e. The number of rotatable bonds is 5. The van der Waals surface area contributed by atoms with Gasteiger partial charge in [0.15, 0.2) is 6.54 Å². The molecule has 2 aliphatic heterocycles. The Kier molecular flexibility index (Phi) is 6.73. The van der Waals surface area contributed by atoms with E-state index in [4.69, 9.17) is 9.84 Å². The first-order valence-electron chi connectivity index (χ1n) is 11.1. The first-order valence-corrected chi connectivity index (χ1v) is 11.9. The van der Waals surface area contributed by atoms with E-state index in [0.717, 1.165) is 18.8 Å². The van der Waals surface area contributed by atoms with Crippen LogP contribution in [0.2, 0.25) is 0 Å². The van der Waals surface area contributed by atoms with Crippen molar-refractivity contribution in [2.75, 3.05) is 20.6 Å². The molecule has 0 aliphatic carbocycles. The molecule has 2 aromatic carbocycles. The van der Waals surface area contributed by atoms with Gasteiger partial charge in [0.25, 0.3) is 0 Å². The van der Waals surface area contributed by atoms with E-state index in [0.29, 0.717) is 12.2 Å². The van der Waals surface area contributed by atoms with Gasteiger partial charge < -0.3 is 24.6 Å². The number of aromatic nitrogens is 2. The van der Waals surface area contributed by atoms with Gasteiger partial charge in [-0.3, -0.25) is 0 Å². The lowest BCUT2D eigenvalue weighted by Gasteiger charge is -2.29. The third kappa shape index (κ3) is 5.26. The van der Waals surface area contributed by atoms with Gasteiger partial charge in [0.05, 0.1) is 24.0 Å². The van der Waals surface area contributed by atoms with Crippen LogP contribution in [0.15, 0.2) is 58.4 Å². The molecular formula is C26H27N3O5S. The average molecular weight is 494 g/mol. The summed E-state index contributed by atoms with van der Waals surface area (Å²) in [4.78, 5) is 23.8. The van der Waals surface area contributed by atoms with Crippen LogP contribution < -0.4 is 14.5 Å². The molecule has 182 valence electrons. The van der Waals surface area contributed by atoms with Crippen LogP contribution >= 0.6 is 11.8 Å². The lowest BCUT2D eigenvalue weighted by atomic mass is 9.99. The number of carbonyl (C=O) groups is 2. The van der Waals surface area contributed by atoms with E-state index >= 15 is 0 Å². The van der Waals surface area contributed by atoms with Crippen molar-refractivity contribution in [1.82, 2.24) is 10.00 Å². The fourth-order valence-corrected chi connectivity index (χ4v) is 5.21. The fourth-order valence-electron chi connectivity index (χ4n) is 3.97. The average Bonchev–Trinajstić information content (AvgIpc) is 3.15. The number of carbonyl (C=O) groups excluding carboxylic acids is 1. The molecule has 0 atom stereocenters. The summed E-state index contributed by atoms with van der Waals surface area (Å²) in [5.74, 6) is -1.83. The molecular weight excluding hydrogens is 466 g/mol. The Balaban J connectivity index is 0.000000314. The van der Waals surface area contributed by atoms with Gasteiger partial charge in [0, 0.05) is 27.0 Å². The Morgan fingerprint density at radius 2 is 2.00 bits per heavy atom. The van der Waals surface area contributed by atoms with Gasteiger partial charge in [-0.2, -0.15) is 5.10 Å². The maximum atomic E-state index is 9.53. The van der Waals surface area contributed by atoms with E-state index in [9.17, 15) is 14.7 Å². The van der Waals surface area contributed by atoms with Crippen LogP contribution in [-0.2, 0) is 16.1 Å². The molecule has 0 saturated heterocycles. The fraction of sp³-hybridized carbons (Fsp3) is 0.269. The highest BCUT2D eigenvalue weighted by Crippen LogP contribution is 2.51. The zero-order chi connectivity index (χ0) is 25.3. The SMILES string of the molecule is CN(C)CC[n+]1[nH]c2c3c(c4c(cc31)OC(C)(C)C=C4)Sc1ccccc1-2.O=C([O-])/C=C/C(=O)O. The molecule has 35 heavy (non-hydrogen) atoms. The largest absolute Gasteiger partial charge is 0.545 e. The van der Waals surface area contributed by atoms with Gasteiger partial charge in [0.1, 0.15) is 17.0 Å². The maximum absolute atomic E-state index is 9.53. The van der Waals surface area contributed by atoms with Crippen LogP contribution in [0.3, 0.4) is 0 Å². The van der Waals surface area contributed by atoms with E-state index in [1.54, 1.807) is 0 Å². The first kappa shape index (κ1) is 24.6. The number of ether oxygens (including phenoxy) is 1. The van der Waals surface area contributed by atoms with Gasteiger partial charge in [0.2, 0.25) is 5.52 Å². The number of hydrogen-bond donors (Lipinski definition) is 2. The molecule has 8 nitrogen and oxygen atoms in total. The smallest absolute Gasteiger partial charge is 0.328 e. The van der Waals surface area contributed by atoms with E-state index in [-0.39, 0.29) is 5.60 Å². The number of aliphatic carboxylic acids is 2. The first-order chi connectivity index (χ1) is 16.6. The number of aromatic amines is 1. The van der Waals surface area contributed by atoms with Gasteiger partial charge in [-0.05, 0) is 46.2 Å². The lowest BCUT2D eigenvalue weighted by molar-refractivity contribution is -0.725. The summed E-state index contributed by atoms with van der Waals surface area (Å²) in [6.45, 7) is 6.10. The summed E-state index contributed by atoms with van der Waals surface area (Å²) in [6, 6.07) is 10.9. The molecule has 0 unspecified atom stereocenters. The highest BCUT2D eigenvalue weighted by atomic mass is 32.2. The number of fused-ring (bicyclic) bond motifs is 4. The van der Waals surface area contributed by atoms with E-state index in [1.807, 2.05) is 11.8 Å². The molecule has 2 aliphatic rings. The summed E-state index contributed by atoms with van der Waals surface area (Å²) in [5.41, 5.74) is 4.63. The Bertz CT molecular complexity index is 1360. The number of nitrogens with zero attached hydrogens (tertiary/aromatic N) is 2. The number of benzene rings is 2. The Morgan fingerprint density at radius 3 is 2.66 bits per heavy atom. The lowest BCUT2D eigenvalue weighted by Crippen LogP contribution is -2.40. The second kappa shape index (κ2) is 9.59. The van der Waals surface area contributed by atoms with Crippen LogP contribution in [0.1, 0.15) is 19.4 Å². The molecule has 0 radical (unpaired) electrons. The minimum absolute atomic E-state index is 0.280. The molecule has 3 aromatic rings.